The molecule has 0 aliphatic heterocycles. The van der Waals surface area contributed by atoms with Crippen LogP contribution in [0.4, 0.5) is 0 Å². The highest BCUT2D eigenvalue weighted by molar-refractivity contribution is 5.71. The SMILES string of the molecule is COCCCN(CCOC)C1CCCC1C(=O)O. The Kier molecular flexibility index (Phi) is 7.23. The number of hydrogen-bond donors (Lipinski definition) is 1. The zero-order valence-electron chi connectivity index (χ0n) is 11.4. The number of carboxylic acid groups (broad SMARTS) is 1. The predicted molar refractivity (Wildman–Crippen MR) is 68.7 cm³/mol. The number of carbonyl (C=O) groups is 1. The number of rotatable bonds is 9. The lowest BCUT2D eigenvalue weighted by atomic mass is 10.0. The summed E-state index contributed by atoms with van der Waals surface area (Å²) >= 11 is 0. The topological polar surface area (TPSA) is 59.0 Å². The quantitative estimate of drug-likeness (QED) is 0.631. The van der Waals surface area contributed by atoms with E-state index in [1.165, 1.54) is 0 Å². The van der Waals surface area contributed by atoms with Crippen LogP contribution in [0.25, 0.3) is 0 Å². The molecule has 0 aromatic rings. The molecule has 0 heterocycles. The molecule has 0 radical (unpaired) electrons. The molecular formula is C13H25NO4. The Hall–Kier alpha value is -0.650. The highest BCUT2D eigenvalue weighted by atomic mass is 16.5. The van der Waals surface area contributed by atoms with E-state index in [-0.39, 0.29) is 12.0 Å². The Morgan fingerprint density at radius 2 is 1.94 bits per heavy atom. The van der Waals surface area contributed by atoms with E-state index < -0.39 is 5.97 Å². The normalized spacial score (nSPS) is 23.7. The summed E-state index contributed by atoms with van der Waals surface area (Å²) in [7, 11) is 3.37. The molecule has 106 valence electrons. The molecule has 0 saturated heterocycles. The first kappa shape index (κ1) is 15.4. The van der Waals surface area contributed by atoms with Gasteiger partial charge in [0.25, 0.3) is 0 Å². The number of hydrogen-bond acceptors (Lipinski definition) is 4. The molecule has 5 nitrogen and oxygen atoms in total. The zero-order chi connectivity index (χ0) is 13.4. The molecule has 0 bridgehead atoms. The summed E-state index contributed by atoms with van der Waals surface area (Å²) in [4.78, 5) is 13.5. The van der Waals surface area contributed by atoms with Crippen molar-refractivity contribution in [3.05, 3.63) is 0 Å². The minimum atomic E-state index is -0.661. The van der Waals surface area contributed by atoms with Crippen molar-refractivity contribution >= 4 is 5.97 Å². The molecular weight excluding hydrogens is 234 g/mol. The van der Waals surface area contributed by atoms with Gasteiger partial charge in [0.15, 0.2) is 0 Å². The van der Waals surface area contributed by atoms with E-state index in [0.29, 0.717) is 13.2 Å². The van der Waals surface area contributed by atoms with E-state index in [0.717, 1.165) is 38.8 Å². The van der Waals surface area contributed by atoms with Crippen molar-refractivity contribution in [3.8, 4) is 0 Å². The standard InChI is InChI=1S/C13H25NO4/c1-17-9-4-7-14(8-10-18-2)12-6-3-5-11(12)13(15)16/h11-12H,3-10H2,1-2H3,(H,15,16). The number of aliphatic carboxylic acids is 1. The summed E-state index contributed by atoms with van der Waals surface area (Å²) in [5.74, 6) is -0.879. The molecule has 1 saturated carbocycles. The lowest BCUT2D eigenvalue weighted by Gasteiger charge is -2.31. The molecule has 0 aromatic carbocycles. The Labute approximate surface area is 109 Å². The first-order chi connectivity index (χ1) is 8.70. The fraction of sp³-hybridized carbons (Fsp3) is 0.923. The van der Waals surface area contributed by atoms with Crippen molar-refractivity contribution in [3.63, 3.8) is 0 Å². The summed E-state index contributed by atoms with van der Waals surface area (Å²) in [6, 6.07) is 0.162. The van der Waals surface area contributed by atoms with Crippen LogP contribution in [0, 0.1) is 5.92 Å². The van der Waals surface area contributed by atoms with Crippen LogP contribution in [-0.2, 0) is 14.3 Å². The molecule has 2 unspecified atom stereocenters. The first-order valence-electron chi connectivity index (χ1n) is 6.65. The summed E-state index contributed by atoms with van der Waals surface area (Å²) in [5.41, 5.74) is 0. The lowest BCUT2D eigenvalue weighted by Crippen LogP contribution is -2.43. The highest BCUT2D eigenvalue weighted by Crippen LogP contribution is 2.30. The van der Waals surface area contributed by atoms with Crippen LogP contribution in [-0.4, -0.2) is 62.5 Å². The highest BCUT2D eigenvalue weighted by Gasteiger charge is 2.36. The second-order valence-electron chi connectivity index (χ2n) is 4.82. The maximum Gasteiger partial charge on any atom is 0.308 e. The molecule has 0 amide bonds. The summed E-state index contributed by atoms with van der Waals surface area (Å²) < 4.78 is 10.2. The third-order valence-corrected chi connectivity index (χ3v) is 3.64. The largest absolute Gasteiger partial charge is 0.481 e. The number of methoxy groups -OCH3 is 2. The maximum atomic E-state index is 11.2. The molecule has 0 aromatic heterocycles. The molecule has 0 spiro atoms. The fourth-order valence-corrected chi connectivity index (χ4v) is 2.73. The van der Waals surface area contributed by atoms with E-state index in [4.69, 9.17) is 9.47 Å². The molecule has 18 heavy (non-hydrogen) atoms. The van der Waals surface area contributed by atoms with Gasteiger partial charge >= 0.3 is 5.97 Å². The van der Waals surface area contributed by atoms with E-state index in [1.54, 1.807) is 14.2 Å². The Balaban J connectivity index is 2.53. The van der Waals surface area contributed by atoms with E-state index >= 15 is 0 Å². The van der Waals surface area contributed by atoms with Gasteiger partial charge < -0.3 is 14.6 Å². The zero-order valence-corrected chi connectivity index (χ0v) is 11.4. The van der Waals surface area contributed by atoms with Crippen LogP contribution in [0.1, 0.15) is 25.7 Å². The van der Waals surface area contributed by atoms with Crippen molar-refractivity contribution in [2.45, 2.75) is 31.7 Å². The van der Waals surface area contributed by atoms with E-state index in [1.807, 2.05) is 0 Å². The summed E-state index contributed by atoms with van der Waals surface area (Å²) in [6.45, 7) is 3.05. The van der Waals surface area contributed by atoms with Crippen LogP contribution in [0.3, 0.4) is 0 Å². The van der Waals surface area contributed by atoms with E-state index in [2.05, 4.69) is 4.90 Å². The van der Waals surface area contributed by atoms with Crippen LogP contribution in [0.15, 0.2) is 0 Å². The summed E-state index contributed by atoms with van der Waals surface area (Å²) in [5, 5.41) is 9.25. The van der Waals surface area contributed by atoms with Crippen LogP contribution in [0.2, 0.25) is 0 Å². The molecule has 5 heteroatoms. The average Bonchev–Trinajstić information content (AvgIpc) is 2.82. The minimum absolute atomic E-state index is 0.162. The van der Waals surface area contributed by atoms with Crippen molar-refractivity contribution < 1.29 is 19.4 Å². The first-order valence-corrected chi connectivity index (χ1v) is 6.65. The molecule has 1 aliphatic rings. The van der Waals surface area contributed by atoms with Crippen molar-refractivity contribution in [2.24, 2.45) is 5.92 Å². The smallest absolute Gasteiger partial charge is 0.308 e. The Morgan fingerprint density at radius 1 is 1.22 bits per heavy atom. The average molecular weight is 259 g/mol. The Morgan fingerprint density at radius 3 is 2.56 bits per heavy atom. The lowest BCUT2D eigenvalue weighted by molar-refractivity contribution is -0.143. The summed E-state index contributed by atoms with van der Waals surface area (Å²) in [6.07, 6.45) is 3.72. The number of ether oxygens (including phenoxy) is 2. The number of nitrogens with zero attached hydrogens (tertiary/aromatic N) is 1. The van der Waals surface area contributed by atoms with Gasteiger partial charge in [0.1, 0.15) is 0 Å². The maximum absolute atomic E-state index is 11.2. The van der Waals surface area contributed by atoms with Gasteiger partial charge in [-0.3, -0.25) is 9.69 Å². The fourth-order valence-electron chi connectivity index (χ4n) is 2.73. The monoisotopic (exact) mass is 259 g/mol. The Bertz CT molecular complexity index is 247. The van der Waals surface area contributed by atoms with Crippen molar-refractivity contribution in [1.29, 1.82) is 0 Å². The third kappa shape index (κ3) is 4.55. The number of carboxylic acids is 1. The molecule has 1 fully saturated rings. The minimum Gasteiger partial charge on any atom is -0.481 e. The molecule has 1 N–H and O–H groups in total. The van der Waals surface area contributed by atoms with E-state index in [9.17, 15) is 9.90 Å². The van der Waals surface area contributed by atoms with Gasteiger partial charge in [-0.25, -0.2) is 0 Å². The van der Waals surface area contributed by atoms with Crippen LogP contribution in [0.5, 0.6) is 0 Å². The predicted octanol–water partition coefficient (Wildman–Crippen LogP) is 1.22. The van der Waals surface area contributed by atoms with Gasteiger partial charge in [0, 0.05) is 40.0 Å². The second kappa shape index (κ2) is 8.45. The van der Waals surface area contributed by atoms with Crippen molar-refractivity contribution in [2.75, 3.05) is 40.5 Å². The van der Waals surface area contributed by atoms with Gasteiger partial charge in [-0.2, -0.15) is 0 Å². The van der Waals surface area contributed by atoms with Crippen molar-refractivity contribution in [1.82, 2.24) is 4.90 Å². The van der Waals surface area contributed by atoms with Crippen LogP contribution >= 0.6 is 0 Å². The molecule has 2 atom stereocenters. The van der Waals surface area contributed by atoms with Gasteiger partial charge in [0.2, 0.25) is 0 Å². The van der Waals surface area contributed by atoms with Gasteiger partial charge in [-0.1, -0.05) is 6.42 Å². The van der Waals surface area contributed by atoms with Gasteiger partial charge in [-0.15, -0.1) is 0 Å². The van der Waals surface area contributed by atoms with Gasteiger partial charge in [0.05, 0.1) is 12.5 Å². The third-order valence-electron chi connectivity index (χ3n) is 3.64. The molecule has 1 rings (SSSR count). The van der Waals surface area contributed by atoms with Gasteiger partial charge in [-0.05, 0) is 19.3 Å². The van der Waals surface area contributed by atoms with Crippen LogP contribution < -0.4 is 0 Å². The molecule has 1 aliphatic carbocycles. The second-order valence-corrected chi connectivity index (χ2v) is 4.82.